The Labute approximate surface area is 61.1 Å². The van der Waals surface area contributed by atoms with Crippen LogP contribution in [0.4, 0.5) is 0 Å². The summed E-state index contributed by atoms with van der Waals surface area (Å²) in [6.07, 6.45) is -1.31. The highest BCUT2D eigenvalue weighted by Crippen LogP contribution is 2.10. The summed E-state index contributed by atoms with van der Waals surface area (Å²) in [6, 6.07) is 0. The number of hydrogen-bond donors (Lipinski definition) is 2. The normalized spacial score (nSPS) is 22.2. The molecule has 1 atom stereocenters. The Morgan fingerprint density at radius 2 is 2.18 bits per heavy atom. The number of carboxylic acids is 2. The van der Waals surface area contributed by atoms with Gasteiger partial charge < -0.3 is 15.1 Å². The van der Waals surface area contributed by atoms with Crippen LogP contribution in [0.3, 0.4) is 0 Å². The molecule has 0 spiro atoms. The molecule has 11 heavy (non-hydrogen) atoms. The van der Waals surface area contributed by atoms with Crippen LogP contribution in [-0.2, 0) is 14.4 Å². The predicted molar refractivity (Wildman–Crippen MR) is 32.2 cm³/mol. The Balaban J connectivity index is 2.56. The van der Waals surface area contributed by atoms with Gasteiger partial charge in [0.25, 0.3) is 0 Å². The molecule has 6 heteroatoms. The average molecular weight is 159 g/mol. The number of aliphatic carboxylic acids is 2. The molecule has 0 fully saturated rings. The zero-order valence-electron chi connectivity index (χ0n) is 5.35. The Kier molecular flexibility index (Phi) is 1.75. The van der Waals surface area contributed by atoms with Gasteiger partial charge in [0.15, 0.2) is 5.71 Å². The van der Waals surface area contributed by atoms with E-state index in [1.54, 1.807) is 0 Å². The van der Waals surface area contributed by atoms with Crippen molar-refractivity contribution < 1.29 is 24.6 Å². The van der Waals surface area contributed by atoms with Crippen molar-refractivity contribution in [3.63, 3.8) is 0 Å². The zero-order valence-corrected chi connectivity index (χ0v) is 5.35. The smallest absolute Gasteiger partial charge is 0.353 e. The first kappa shape index (κ1) is 7.52. The van der Waals surface area contributed by atoms with Crippen molar-refractivity contribution in [2.45, 2.75) is 12.5 Å². The SMILES string of the molecule is O=C(O)C1=NO[C@H](C(=O)O)C1. The summed E-state index contributed by atoms with van der Waals surface area (Å²) in [5.74, 6) is -2.45. The summed E-state index contributed by atoms with van der Waals surface area (Å²) >= 11 is 0. The van der Waals surface area contributed by atoms with Crippen LogP contribution >= 0.6 is 0 Å². The van der Waals surface area contributed by atoms with Crippen molar-refractivity contribution >= 4 is 17.7 Å². The third-order valence-electron chi connectivity index (χ3n) is 1.19. The van der Waals surface area contributed by atoms with Gasteiger partial charge in [-0.1, -0.05) is 5.16 Å². The van der Waals surface area contributed by atoms with Crippen LogP contribution in [0.5, 0.6) is 0 Å². The van der Waals surface area contributed by atoms with Crippen LogP contribution < -0.4 is 0 Å². The van der Waals surface area contributed by atoms with Crippen molar-refractivity contribution in [2.75, 3.05) is 0 Å². The Morgan fingerprint density at radius 1 is 1.55 bits per heavy atom. The van der Waals surface area contributed by atoms with Gasteiger partial charge in [-0.05, 0) is 0 Å². The quantitative estimate of drug-likeness (QED) is 0.555. The highest BCUT2D eigenvalue weighted by Gasteiger charge is 2.30. The second kappa shape index (κ2) is 2.57. The maximum absolute atomic E-state index is 10.2. The first-order valence-electron chi connectivity index (χ1n) is 2.80. The molecule has 0 aromatic rings. The molecular weight excluding hydrogens is 154 g/mol. The van der Waals surface area contributed by atoms with Gasteiger partial charge in [0.1, 0.15) is 0 Å². The van der Waals surface area contributed by atoms with Gasteiger partial charge in [-0.15, -0.1) is 0 Å². The minimum atomic E-state index is -1.24. The van der Waals surface area contributed by atoms with Crippen molar-refractivity contribution in [3.05, 3.63) is 0 Å². The van der Waals surface area contributed by atoms with Gasteiger partial charge in [0, 0.05) is 0 Å². The fraction of sp³-hybridized carbons (Fsp3) is 0.400. The van der Waals surface area contributed by atoms with E-state index < -0.39 is 18.0 Å². The molecule has 0 aromatic carbocycles. The molecule has 6 nitrogen and oxygen atoms in total. The van der Waals surface area contributed by atoms with Crippen LogP contribution in [0, 0.1) is 0 Å². The largest absolute Gasteiger partial charge is 0.478 e. The molecule has 0 radical (unpaired) electrons. The number of nitrogens with zero attached hydrogens (tertiary/aromatic N) is 1. The van der Waals surface area contributed by atoms with Gasteiger partial charge in [0.05, 0.1) is 6.42 Å². The van der Waals surface area contributed by atoms with E-state index in [9.17, 15) is 9.59 Å². The van der Waals surface area contributed by atoms with Crippen LogP contribution in [-0.4, -0.2) is 34.0 Å². The minimum Gasteiger partial charge on any atom is -0.478 e. The lowest BCUT2D eigenvalue weighted by molar-refractivity contribution is -0.148. The van der Waals surface area contributed by atoms with Crippen molar-refractivity contribution in [1.29, 1.82) is 0 Å². The predicted octanol–water partition coefficient (Wildman–Crippen LogP) is -0.700. The first-order chi connectivity index (χ1) is 5.11. The van der Waals surface area contributed by atoms with Gasteiger partial charge in [0.2, 0.25) is 6.10 Å². The lowest BCUT2D eigenvalue weighted by Crippen LogP contribution is -2.21. The van der Waals surface area contributed by atoms with E-state index in [4.69, 9.17) is 10.2 Å². The van der Waals surface area contributed by atoms with Crippen LogP contribution in [0.2, 0.25) is 0 Å². The van der Waals surface area contributed by atoms with E-state index in [0.29, 0.717) is 0 Å². The summed E-state index contributed by atoms with van der Waals surface area (Å²) in [5.41, 5.74) is -0.252. The summed E-state index contributed by atoms with van der Waals surface area (Å²) in [5, 5.41) is 19.7. The first-order valence-corrected chi connectivity index (χ1v) is 2.80. The van der Waals surface area contributed by atoms with E-state index in [0.717, 1.165) is 0 Å². The van der Waals surface area contributed by atoms with Crippen molar-refractivity contribution in [2.24, 2.45) is 5.16 Å². The molecule has 0 bridgehead atoms. The molecule has 0 amide bonds. The molecule has 0 saturated carbocycles. The number of carboxylic acid groups (broad SMARTS) is 2. The highest BCUT2D eigenvalue weighted by atomic mass is 16.7. The standard InChI is InChI=1S/C5H5NO5/c7-4(8)2-1-3(5(9)10)11-6-2/h3H,1H2,(H,7,8)(H,9,10)/t3-/m0/s1. The van der Waals surface area contributed by atoms with Gasteiger partial charge in [-0.25, -0.2) is 9.59 Å². The molecule has 0 saturated heterocycles. The number of carbonyl (C=O) groups is 2. The summed E-state index contributed by atoms with van der Waals surface area (Å²) in [6.45, 7) is 0. The van der Waals surface area contributed by atoms with Crippen molar-refractivity contribution in [3.8, 4) is 0 Å². The number of hydrogen-bond acceptors (Lipinski definition) is 4. The Morgan fingerprint density at radius 3 is 2.45 bits per heavy atom. The average Bonchev–Trinajstić information content (AvgIpc) is 2.33. The summed E-state index contributed by atoms with van der Waals surface area (Å²) in [4.78, 5) is 24.6. The van der Waals surface area contributed by atoms with Crippen LogP contribution in [0.15, 0.2) is 5.16 Å². The van der Waals surface area contributed by atoms with Crippen LogP contribution in [0.25, 0.3) is 0 Å². The minimum absolute atomic E-state index is 0.176. The summed E-state index contributed by atoms with van der Waals surface area (Å²) < 4.78 is 0. The maximum atomic E-state index is 10.2. The molecule has 60 valence electrons. The molecule has 0 aliphatic carbocycles. The molecular formula is C5H5NO5. The third kappa shape index (κ3) is 1.46. The number of oxime groups is 1. The maximum Gasteiger partial charge on any atom is 0.353 e. The van der Waals surface area contributed by atoms with E-state index in [1.165, 1.54) is 0 Å². The fourth-order valence-corrected chi connectivity index (χ4v) is 0.636. The molecule has 1 rings (SSSR count). The zero-order chi connectivity index (χ0) is 8.43. The topological polar surface area (TPSA) is 96.2 Å². The van der Waals surface area contributed by atoms with E-state index in [-0.39, 0.29) is 12.1 Å². The van der Waals surface area contributed by atoms with Gasteiger partial charge in [-0.2, -0.15) is 0 Å². The van der Waals surface area contributed by atoms with E-state index in [1.807, 2.05) is 0 Å². The van der Waals surface area contributed by atoms with Gasteiger partial charge >= 0.3 is 11.9 Å². The third-order valence-corrected chi connectivity index (χ3v) is 1.19. The second-order valence-electron chi connectivity index (χ2n) is 1.98. The summed E-state index contributed by atoms with van der Waals surface area (Å²) in [7, 11) is 0. The lowest BCUT2D eigenvalue weighted by atomic mass is 10.2. The highest BCUT2D eigenvalue weighted by molar-refractivity contribution is 6.36. The molecule has 0 aromatic heterocycles. The molecule has 0 unspecified atom stereocenters. The van der Waals surface area contributed by atoms with Crippen LogP contribution in [0.1, 0.15) is 6.42 Å². The lowest BCUT2D eigenvalue weighted by Gasteiger charge is -1.97. The second-order valence-corrected chi connectivity index (χ2v) is 1.98. The van der Waals surface area contributed by atoms with Gasteiger partial charge in [-0.3, -0.25) is 0 Å². The molecule has 1 heterocycles. The Hall–Kier alpha value is -1.59. The molecule has 1 aliphatic rings. The molecule has 2 N–H and O–H groups in total. The van der Waals surface area contributed by atoms with E-state index in [2.05, 4.69) is 9.99 Å². The Bertz CT molecular complexity index is 233. The number of rotatable bonds is 2. The molecule has 1 aliphatic heterocycles. The van der Waals surface area contributed by atoms with Crippen molar-refractivity contribution in [1.82, 2.24) is 0 Å². The van der Waals surface area contributed by atoms with E-state index >= 15 is 0 Å². The monoisotopic (exact) mass is 159 g/mol. The fourth-order valence-electron chi connectivity index (χ4n) is 0.636.